The van der Waals surface area contributed by atoms with E-state index < -0.39 is 0 Å². The summed E-state index contributed by atoms with van der Waals surface area (Å²) in [6.07, 6.45) is 3.41. The van der Waals surface area contributed by atoms with Gasteiger partial charge in [-0.1, -0.05) is 25.4 Å². The Morgan fingerprint density at radius 1 is 1.57 bits per heavy atom. The Balaban J connectivity index is 2.07. The Morgan fingerprint density at radius 2 is 2.29 bits per heavy atom. The molecule has 0 aromatic carbocycles. The Morgan fingerprint density at radius 3 is 2.86 bits per heavy atom. The van der Waals surface area contributed by atoms with Gasteiger partial charge in [0.1, 0.15) is 0 Å². The first-order chi connectivity index (χ1) is 6.72. The maximum Gasteiger partial charge on any atom is 0.243 e. The first-order valence-electron chi connectivity index (χ1n) is 5.31. The van der Waals surface area contributed by atoms with Crippen molar-refractivity contribution in [2.45, 2.75) is 45.1 Å². The van der Waals surface area contributed by atoms with Gasteiger partial charge in [0.05, 0.1) is 6.04 Å². The molecule has 1 unspecified atom stereocenters. The van der Waals surface area contributed by atoms with E-state index in [4.69, 9.17) is 10.3 Å². The second kappa shape index (κ2) is 3.69. The number of aromatic nitrogens is 2. The molecule has 1 heterocycles. The third-order valence-corrected chi connectivity index (χ3v) is 2.94. The first-order valence-corrected chi connectivity index (χ1v) is 5.31. The van der Waals surface area contributed by atoms with Crippen molar-refractivity contribution in [1.29, 1.82) is 0 Å². The van der Waals surface area contributed by atoms with Crippen LogP contribution in [0.4, 0.5) is 0 Å². The van der Waals surface area contributed by atoms with Crippen molar-refractivity contribution in [2.24, 2.45) is 11.7 Å². The van der Waals surface area contributed by atoms with Crippen molar-refractivity contribution >= 4 is 0 Å². The molecule has 14 heavy (non-hydrogen) atoms. The summed E-state index contributed by atoms with van der Waals surface area (Å²) in [4.78, 5) is 4.34. The summed E-state index contributed by atoms with van der Waals surface area (Å²) in [6, 6.07) is -0.111. The van der Waals surface area contributed by atoms with E-state index in [1.807, 2.05) is 0 Å². The minimum Gasteiger partial charge on any atom is -0.338 e. The molecule has 1 aliphatic carbocycles. The summed E-state index contributed by atoms with van der Waals surface area (Å²) in [5.41, 5.74) is 5.99. The molecule has 0 bridgehead atoms. The first kappa shape index (κ1) is 9.65. The molecule has 4 heteroatoms. The van der Waals surface area contributed by atoms with Crippen LogP contribution in [0.25, 0.3) is 0 Å². The van der Waals surface area contributed by atoms with Gasteiger partial charge in [0, 0.05) is 5.92 Å². The largest absolute Gasteiger partial charge is 0.338 e. The van der Waals surface area contributed by atoms with E-state index in [0.717, 1.165) is 12.2 Å². The zero-order valence-corrected chi connectivity index (χ0v) is 8.73. The Kier molecular flexibility index (Phi) is 2.54. The topological polar surface area (TPSA) is 64.9 Å². The third-order valence-electron chi connectivity index (χ3n) is 2.94. The van der Waals surface area contributed by atoms with Crippen molar-refractivity contribution in [2.75, 3.05) is 0 Å². The predicted molar refractivity (Wildman–Crippen MR) is 52.7 cm³/mol. The van der Waals surface area contributed by atoms with Crippen LogP contribution in [0.2, 0.25) is 0 Å². The third kappa shape index (κ3) is 1.80. The molecule has 1 saturated carbocycles. The maximum atomic E-state index is 5.99. The van der Waals surface area contributed by atoms with Crippen molar-refractivity contribution in [1.82, 2.24) is 10.1 Å². The molecule has 1 aromatic heterocycles. The maximum absolute atomic E-state index is 5.99. The number of rotatable bonds is 4. The Labute approximate surface area is 83.9 Å². The van der Waals surface area contributed by atoms with E-state index in [9.17, 15) is 0 Å². The van der Waals surface area contributed by atoms with Gasteiger partial charge < -0.3 is 10.3 Å². The van der Waals surface area contributed by atoms with Gasteiger partial charge in [0.2, 0.25) is 5.89 Å². The number of hydrogen-bond acceptors (Lipinski definition) is 4. The average Bonchev–Trinajstić information content (AvgIpc) is 2.94. The fraction of sp³-hybridized carbons (Fsp3) is 0.800. The highest BCUT2D eigenvalue weighted by Crippen LogP contribution is 2.38. The van der Waals surface area contributed by atoms with Crippen molar-refractivity contribution in [3.8, 4) is 0 Å². The molecule has 2 atom stereocenters. The smallest absolute Gasteiger partial charge is 0.243 e. The minimum atomic E-state index is -0.111. The van der Waals surface area contributed by atoms with Gasteiger partial charge >= 0.3 is 0 Å². The second-order valence-corrected chi connectivity index (χ2v) is 4.18. The van der Waals surface area contributed by atoms with Crippen LogP contribution in [-0.2, 0) is 0 Å². The van der Waals surface area contributed by atoms with E-state index >= 15 is 0 Å². The normalized spacial score (nSPS) is 20.8. The van der Waals surface area contributed by atoms with Gasteiger partial charge in [0.25, 0.3) is 0 Å². The van der Waals surface area contributed by atoms with Gasteiger partial charge in [-0.25, -0.2) is 0 Å². The number of nitrogens with zero attached hydrogens (tertiary/aromatic N) is 2. The molecule has 0 spiro atoms. The summed E-state index contributed by atoms with van der Waals surface area (Å²) < 4.78 is 5.16. The van der Waals surface area contributed by atoms with E-state index in [1.54, 1.807) is 0 Å². The molecule has 2 rings (SSSR count). The lowest BCUT2D eigenvalue weighted by Crippen LogP contribution is -2.18. The summed E-state index contributed by atoms with van der Waals surface area (Å²) >= 11 is 0. The number of nitrogens with two attached hydrogens (primary N) is 1. The SMILES string of the molecule is CCC(C)[C@H](N)c1nc(C2CC2)no1. The van der Waals surface area contributed by atoms with Crippen molar-refractivity contribution in [3.05, 3.63) is 11.7 Å². The molecule has 0 saturated heterocycles. The average molecular weight is 195 g/mol. The van der Waals surface area contributed by atoms with Gasteiger partial charge in [-0.3, -0.25) is 0 Å². The quantitative estimate of drug-likeness (QED) is 0.798. The molecule has 1 fully saturated rings. The van der Waals surface area contributed by atoms with Crippen LogP contribution in [0.1, 0.15) is 56.8 Å². The fourth-order valence-electron chi connectivity index (χ4n) is 1.39. The van der Waals surface area contributed by atoms with Crippen LogP contribution >= 0.6 is 0 Å². The van der Waals surface area contributed by atoms with Crippen LogP contribution in [0, 0.1) is 5.92 Å². The van der Waals surface area contributed by atoms with Crippen LogP contribution in [0.3, 0.4) is 0 Å². The standard InChI is InChI=1S/C10H17N3O/c1-3-6(2)8(11)10-12-9(13-14-10)7-4-5-7/h6-8H,3-5,11H2,1-2H3/t6?,8-/m0/s1. The highest BCUT2D eigenvalue weighted by molar-refractivity contribution is 5.04. The molecule has 1 aliphatic rings. The minimum absolute atomic E-state index is 0.111. The van der Waals surface area contributed by atoms with Crippen molar-refractivity contribution in [3.63, 3.8) is 0 Å². The second-order valence-electron chi connectivity index (χ2n) is 4.18. The van der Waals surface area contributed by atoms with Crippen LogP contribution in [0.15, 0.2) is 4.52 Å². The highest BCUT2D eigenvalue weighted by atomic mass is 16.5. The van der Waals surface area contributed by atoms with Gasteiger partial charge in [-0.15, -0.1) is 0 Å². The van der Waals surface area contributed by atoms with E-state index in [1.165, 1.54) is 12.8 Å². The molecular formula is C10H17N3O. The molecule has 0 amide bonds. The zero-order chi connectivity index (χ0) is 10.1. The molecule has 2 N–H and O–H groups in total. The summed E-state index contributed by atoms with van der Waals surface area (Å²) in [6.45, 7) is 4.22. The van der Waals surface area contributed by atoms with E-state index in [-0.39, 0.29) is 6.04 Å². The molecule has 0 radical (unpaired) electrons. The summed E-state index contributed by atoms with van der Waals surface area (Å²) in [5.74, 6) is 2.37. The van der Waals surface area contributed by atoms with Gasteiger partial charge in [-0.05, 0) is 18.8 Å². The van der Waals surface area contributed by atoms with Gasteiger partial charge in [-0.2, -0.15) is 4.98 Å². The van der Waals surface area contributed by atoms with Crippen LogP contribution in [0.5, 0.6) is 0 Å². The molecular weight excluding hydrogens is 178 g/mol. The lowest BCUT2D eigenvalue weighted by Gasteiger charge is -2.12. The Bertz CT molecular complexity index is 306. The fourth-order valence-corrected chi connectivity index (χ4v) is 1.39. The molecule has 1 aromatic rings. The zero-order valence-electron chi connectivity index (χ0n) is 8.73. The summed E-state index contributed by atoms with van der Waals surface area (Å²) in [5, 5.41) is 3.95. The number of hydrogen-bond donors (Lipinski definition) is 1. The lowest BCUT2D eigenvalue weighted by molar-refractivity contribution is 0.310. The molecule has 0 aliphatic heterocycles. The molecule has 78 valence electrons. The van der Waals surface area contributed by atoms with E-state index in [2.05, 4.69) is 24.0 Å². The monoisotopic (exact) mass is 195 g/mol. The predicted octanol–water partition coefficient (Wildman–Crippen LogP) is 1.99. The van der Waals surface area contributed by atoms with Gasteiger partial charge in [0.15, 0.2) is 5.82 Å². The lowest BCUT2D eigenvalue weighted by atomic mass is 10.0. The van der Waals surface area contributed by atoms with Crippen LogP contribution in [-0.4, -0.2) is 10.1 Å². The molecule has 4 nitrogen and oxygen atoms in total. The van der Waals surface area contributed by atoms with E-state index in [0.29, 0.717) is 17.7 Å². The Hall–Kier alpha value is -0.900. The van der Waals surface area contributed by atoms with Crippen LogP contribution < -0.4 is 5.73 Å². The highest BCUT2D eigenvalue weighted by Gasteiger charge is 2.30. The summed E-state index contributed by atoms with van der Waals surface area (Å²) in [7, 11) is 0. The van der Waals surface area contributed by atoms with Crippen molar-refractivity contribution < 1.29 is 4.52 Å².